The van der Waals surface area contributed by atoms with Gasteiger partial charge in [-0.15, -0.1) is 0 Å². The molecule has 3 nitrogen and oxygen atoms in total. The summed E-state index contributed by atoms with van der Waals surface area (Å²) in [6.45, 7) is 4.03. The molecule has 0 aliphatic carbocycles. The lowest BCUT2D eigenvalue weighted by Crippen LogP contribution is -2.05. The topological polar surface area (TPSA) is 62.7 Å². The normalized spacial score (nSPS) is 10.3. The van der Waals surface area contributed by atoms with E-state index in [0.29, 0.717) is 10.6 Å². The fraction of sp³-hybridized carbons (Fsp3) is 0.250. The van der Waals surface area contributed by atoms with E-state index in [9.17, 15) is 5.26 Å². The Morgan fingerprint density at radius 3 is 2.75 bits per heavy atom. The molecule has 2 N–H and O–H groups in total. The Morgan fingerprint density at radius 2 is 2.15 bits per heavy atom. The first-order chi connectivity index (χ1) is 9.58. The van der Waals surface area contributed by atoms with Crippen molar-refractivity contribution in [3.63, 3.8) is 0 Å². The van der Waals surface area contributed by atoms with Crippen LogP contribution in [0, 0.1) is 18.3 Å². The van der Waals surface area contributed by atoms with Gasteiger partial charge in [0, 0.05) is 16.3 Å². The van der Waals surface area contributed by atoms with Gasteiger partial charge in [0.2, 0.25) is 0 Å². The van der Waals surface area contributed by atoms with Gasteiger partial charge in [-0.25, -0.2) is 4.98 Å². The predicted octanol–water partition coefficient (Wildman–Crippen LogP) is 4.12. The number of rotatable bonds is 3. The maximum atomic E-state index is 9.41. The average molecular weight is 286 g/mol. The lowest BCUT2D eigenvalue weighted by atomic mass is 9.92. The lowest BCUT2D eigenvalue weighted by Gasteiger charge is -2.15. The van der Waals surface area contributed by atoms with Crippen LogP contribution in [-0.4, -0.2) is 4.98 Å². The molecule has 0 amide bonds. The minimum Gasteiger partial charge on any atom is -0.383 e. The summed E-state index contributed by atoms with van der Waals surface area (Å²) in [6, 6.07) is 9.67. The van der Waals surface area contributed by atoms with Crippen molar-refractivity contribution in [3.05, 3.63) is 46.1 Å². The molecule has 1 aromatic heterocycles. The Morgan fingerprint density at radius 1 is 1.40 bits per heavy atom. The predicted molar refractivity (Wildman–Crippen MR) is 82.5 cm³/mol. The molecule has 4 heteroatoms. The number of hydrogen-bond acceptors (Lipinski definition) is 3. The van der Waals surface area contributed by atoms with E-state index in [0.717, 1.165) is 35.2 Å². The van der Waals surface area contributed by atoms with Crippen molar-refractivity contribution in [2.45, 2.75) is 26.7 Å². The molecule has 0 saturated heterocycles. The van der Waals surface area contributed by atoms with Crippen molar-refractivity contribution >= 4 is 17.4 Å². The van der Waals surface area contributed by atoms with Gasteiger partial charge in [0.05, 0.1) is 0 Å². The minimum atomic E-state index is 0.278. The molecule has 0 spiro atoms. The molecule has 0 atom stereocenters. The summed E-state index contributed by atoms with van der Waals surface area (Å²) in [7, 11) is 0. The maximum Gasteiger partial charge on any atom is 0.142 e. The quantitative estimate of drug-likeness (QED) is 0.923. The van der Waals surface area contributed by atoms with E-state index in [4.69, 9.17) is 17.3 Å². The molecule has 0 saturated carbocycles. The molecule has 1 aromatic carbocycles. The third-order valence-electron chi connectivity index (χ3n) is 3.26. The zero-order chi connectivity index (χ0) is 14.7. The largest absolute Gasteiger partial charge is 0.383 e. The molecule has 20 heavy (non-hydrogen) atoms. The number of hydrogen-bond donors (Lipinski definition) is 1. The number of nitrogens with two attached hydrogens (primary N) is 1. The number of nitrogen functional groups attached to an aromatic ring is 1. The molecule has 0 bridgehead atoms. The second kappa shape index (κ2) is 5.94. The number of anilines is 1. The number of aromatic nitrogens is 1. The van der Waals surface area contributed by atoms with Crippen molar-refractivity contribution in [2.75, 3.05) is 5.73 Å². The molecule has 0 radical (unpaired) electrons. The molecule has 1 heterocycles. The number of nitrogens with zero attached hydrogens (tertiary/aromatic N) is 2. The van der Waals surface area contributed by atoms with E-state index in [2.05, 4.69) is 18.0 Å². The molecule has 2 aromatic rings. The first-order valence-corrected chi connectivity index (χ1v) is 6.91. The van der Waals surface area contributed by atoms with Crippen LogP contribution in [0.5, 0.6) is 0 Å². The van der Waals surface area contributed by atoms with Crippen LogP contribution in [0.3, 0.4) is 0 Å². The van der Waals surface area contributed by atoms with Crippen LogP contribution in [0.25, 0.3) is 11.1 Å². The zero-order valence-electron chi connectivity index (χ0n) is 11.6. The third-order valence-corrected chi connectivity index (χ3v) is 3.49. The van der Waals surface area contributed by atoms with Gasteiger partial charge in [-0.1, -0.05) is 37.1 Å². The third kappa shape index (κ3) is 2.61. The van der Waals surface area contributed by atoms with Crippen molar-refractivity contribution in [2.24, 2.45) is 0 Å². The van der Waals surface area contributed by atoms with E-state index < -0.39 is 0 Å². The second-order valence-corrected chi connectivity index (χ2v) is 5.12. The standard InChI is InChI=1S/C16H16ClN3/c1-3-5-13-10(2)20-16(19)14(9-18)15(13)11-6-4-7-12(17)8-11/h4,6-8H,3,5H2,1-2H3,(H2,19,20). The van der Waals surface area contributed by atoms with Crippen LogP contribution in [-0.2, 0) is 6.42 Å². The molecule has 0 aliphatic heterocycles. The summed E-state index contributed by atoms with van der Waals surface area (Å²) in [4.78, 5) is 4.29. The molecule has 102 valence electrons. The highest BCUT2D eigenvalue weighted by molar-refractivity contribution is 6.30. The Bertz CT molecular complexity index is 687. The van der Waals surface area contributed by atoms with Crippen LogP contribution in [0.4, 0.5) is 5.82 Å². The number of aryl methyl sites for hydroxylation is 1. The van der Waals surface area contributed by atoms with Gasteiger partial charge in [-0.2, -0.15) is 5.26 Å². The van der Waals surface area contributed by atoms with Gasteiger partial charge in [0.1, 0.15) is 17.5 Å². The van der Waals surface area contributed by atoms with Gasteiger partial charge in [-0.3, -0.25) is 0 Å². The summed E-state index contributed by atoms with van der Waals surface area (Å²) in [5, 5.41) is 10.1. The SMILES string of the molecule is CCCc1c(C)nc(N)c(C#N)c1-c1cccc(Cl)c1. The van der Waals surface area contributed by atoms with E-state index in [1.165, 1.54) is 0 Å². The number of benzene rings is 1. The molecule has 0 fully saturated rings. The first-order valence-electron chi connectivity index (χ1n) is 6.53. The number of halogens is 1. The fourth-order valence-electron chi connectivity index (χ4n) is 2.40. The Balaban J connectivity index is 2.81. The Labute approximate surface area is 124 Å². The summed E-state index contributed by atoms with van der Waals surface area (Å²) in [6.07, 6.45) is 1.83. The van der Waals surface area contributed by atoms with E-state index in [-0.39, 0.29) is 5.82 Å². The van der Waals surface area contributed by atoms with E-state index >= 15 is 0 Å². The number of nitriles is 1. The van der Waals surface area contributed by atoms with Crippen molar-refractivity contribution < 1.29 is 0 Å². The highest BCUT2D eigenvalue weighted by atomic mass is 35.5. The smallest absolute Gasteiger partial charge is 0.142 e. The van der Waals surface area contributed by atoms with Crippen LogP contribution in [0.2, 0.25) is 5.02 Å². The lowest BCUT2D eigenvalue weighted by molar-refractivity contribution is 0.901. The summed E-state index contributed by atoms with van der Waals surface area (Å²) >= 11 is 6.07. The highest BCUT2D eigenvalue weighted by Gasteiger charge is 2.17. The summed E-state index contributed by atoms with van der Waals surface area (Å²) < 4.78 is 0. The van der Waals surface area contributed by atoms with Gasteiger partial charge in [0.15, 0.2) is 0 Å². The molecule has 2 rings (SSSR count). The zero-order valence-corrected chi connectivity index (χ0v) is 12.3. The highest BCUT2D eigenvalue weighted by Crippen LogP contribution is 2.33. The van der Waals surface area contributed by atoms with Crippen LogP contribution in [0.15, 0.2) is 24.3 Å². The molecular weight excluding hydrogens is 270 g/mol. The van der Waals surface area contributed by atoms with Crippen LogP contribution < -0.4 is 5.73 Å². The van der Waals surface area contributed by atoms with Crippen molar-refractivity contribution in [1.29, 1.82) is 5.26 Å². The van der Waals surface area contributed by atoms with Gasteiger partial charge < -0.3 is 5.73 Å². The maximum absolute atomic E-state index is 9.41. The monoisotopic (exact) mass is 285 g/mol. The molecular formula is C16H16ClN3. The Hall–Kier alpha value is -2.05. The van der Waals surface area contributed by atoms with E-state index in [1.54, 1.807) is 0 Å². The van der Waals surface area contributed by atoms with Crippen molar-refractivity contribution in [3.8, 4) is 17.2 Å². The second-order valence-electron chi connectivity index (χ2n) is 4.68. The Kier molecular flexibility index (Phi) is 4.26. The van der Waals surface area contributed by atoms with Gasteiger partial charge in [0.25, 0.3) is 0 Å². The number of pyridine rings is 1. The summed E-state index contributed by atoms with van der Waals surface area (Å²) in [5.74, 6) is 0.278. The molecule has 0 aliphatic rings. The van der Waals surface area contributed by atoms with Crippen LogP contribution in [0.1, 0.15) is 30.2 Å². The van der Waals surface area contributed by atoms with Gasteiger partial charge in [-0.05, 0) is 36.6 Å². The first kappa shape index (κ1) is 14.4. The van der Waals surface area contributed by atoms with Crippen molar-refractivity contribution in [1.82, 2.24) is 4.98 Å². The van der Waals surface area contributed by atoms with Crippen LogP contribution >= 0.6 is 11.6 Å². The fourth-order valence-corrected chi connectivity index (χ4v) is 2.59. The van der Waals surface area contributed by atoms with E-state index in [1.807, 2.05) is 31.2 Å². The summed E-state index contributed by atoms with van der Waals surface area (Å²) in [5.41, 5.74) is 10.1. The average Bonchev–Trinajstić information content (AvgIpc) is 2.41. The van der Waals surface area contributed by atoms with Gasteiger partial charge >= 0.3 is 0 Å². The minimum absolute atomic E-state index is 0.278. The molecule has 0 unspecified atom stereocenters.